The third-order valence-corrected chi connectivity index (χ3v) is 4.11. The summed E-state index contributed by atoms with van der Waals surface area (Å²) >= 11 is 0. The molecule has 7 nitrogen and oxygen atoms in total. The third kappa shape index (κ3) is 7.13. The van der Waals surface area contributed by atoms with Crippen LogP contribution in [0.3, 0.4) is 0 Å². The molecule has 1 aromatic heterocycles. The predicted octanol–water partition coefficient (Wildman–Crippen LogP) is 1.71. The normalized spacial score (nSPS) is 11.3. The molecule has 146 valence electrons. The van der Waals surface area contributed by atoms with Crippen molar-refractivity contribution in [3.8, 4) is 0 Å². The summed E-state index contributed by atoms with van der Waals surface area (Å²) in [5.41, 5.74) is 3.33. The van der Waals surface area contributed by atoms with Gasteiger partial charge in [-0.3, -0.25) is 9.48 Å². The summed E-state index contributed by atoms with van der Waals surface area (Å²) in [6.07, 6.45) is 0.912. The van der Waals surface area contributed by atoms with Crippen LogP contribution in [0.2, 0.25) is 0 Å². The average Bonchev–Trinajstić information content (AvgIpc) is 2.97. The number of aromatic nitrogens is 2. The molecule has 1 heterocycles. The summed E-state index contributed by atoms with van der Waals surface area (Å²) in [6.45, 7) is 6.43. The summed E-state index contributed by atoms with van der Waals surface area (Å²) < 4.78 is 2.01. The molecule has 0 unspecified atom stereocenters. The molecule has 0 spiro atoms. The number of nitrogens with one attached hydrogen (secondary N) is 2. The maximum absolute atomic E-state index is 11.8. The number of nitrogens with zero attached hydrogens (tertiary/aromatic N) is 4. The highest BCUT2D eigenvalue weighted by Gasteiger charge is 2.06. The lowest BCUT2D eigenvalue weighted by atomic mass is 10.2. The molecule has 27 heavy (non-hydrogen) atoms. The van der Waals surface area contributed by atoms with Crippen molar-refractivity contribution >= 4 is 11.9 Å². The zero-order chi connectivity index (χ0) is 19.6. The highest BCUT2D eigenvalue weighted by molar-refractivity contribution is 5.86. The molecule has 1 aromatic carbocycles. The molecule has 0 saturated carbocycles. The number of aliphatic imine (C=N–C) groups is 1. The number of rotatable bonds is 8. The van der Waals surface area contributed by atoms with Crippen LogP contribution in [0.15, 0.2) is 41.4 Å². The molecule has 0 aliphatic heterocycles. The Hall–Kier alpha value is -2.83. The van der Waals surface area contributed by atoms with E-state index in [9.17, 15) is 4.79 Å². The molecule has 7 heteroatoms. The van der Waals surface area contributed by atoms with Gasteiger partial charge in [0.05, 0.1) is 18.8 Å². The van der Waals surface area contributed by atoms with Crippen LogP contribution >= 0.6 is 0 Å². The largest absolute Gasteiger partial charge is 0.356 e. The van der Waals surface area contributed by atoms with Crippen LogP contribution in [0, 0.1) is 13.8 Å². The van der Waals surface area contributed by atoms with E-state index in [2.05, 4.69) is 33.7 Å². The van der Waals surface area contributed by atoms with Crippen molar-refractivity contribution in [2.75, 3.05) is 27.2 Å². The van der Waals surface area contributed by atoms with Gasteiger partial charge in [0.25, 0.3) is 0 Å². The lowest BCUT2D eigenvalue weighted by Crippen LogP contribution is -2.43. The second-order valence-corrected chi connectivity index (χ2v) is 6.72. The standard InChI is InChI=1S/C20H30N6O/c1-16-13-17(2)26(24-16)12-8-11-21-20(23-15-19(27)25(3)4)22-14-18-9-6-5-7-10-18/h5-7,9-10,13H,8,11-12,14-15H2,1-4H3,(H2,21,22,23). The van der Waals surface area contributed by atoms with E-state index >= 15 is 0 Å². The fraction of sp³-hybridized carbons (Fsp3) is 0.450. The minimum absolute atomic E-state index is 0.00634. The third-order valence-electron chi connectivity index (χ3n) is 4.11. The highest BCUT2D eigenvalue weighted by Crippen LogP contribution is 2.02. The predicted molar refractivity (Wildman–Crippen MR) is 109 cm³/mol. The molecule has 0 aliphatic carbocycles. The molecule has 0 aliphatic rings. The first-order valence-corrected chi connectivity index (χ1v) is 9.23. The van der Waals surface area contributed by atoms with E-state index in [4.69, 9.17) is 0 Å². The van der Waals surface area contributed by atoms with E-state index < -0.39 is 0 Å². The molecule has 0 radical (unpaired) electrons. The Balaban J connectivity index is 1.88. The Morgan fingerprint density at radius 1 is 1.19 bits per heavy atom. The SMILES string of the molecule is Cc1cc(C)n(CCCNC(=NCc2ccccc2)NCC(=O)N(C)C)n1. The molecule has 0 fully saturated rings. The number of carbonyl (C=O) groups is 1. The summed E-state index contributed by atoms with van der Waals surface area (Å²) in [6, 6.07) is 12.1. The van der Waals surface area contributed by atoms with Crippen LogP contribution in [0.25, 0.3) is 0 Å². The first-order valence-electron chi connectivity index (χ1n) is 9.23. The Labute approximate surface area is 161 Å². The van der Waals surface area contributed by atoms with Crippen LogP contribution in [0.5, 0.6) is 0 Å². The number of hydrogen-bond acceptors (Lipinski definition) is 3. The van der Waals surface area contributed by atoms with Crippen LogP contribution in [-0.4, -0.2) is 53.7 Å². The first kappa shape index (κ1) is 20.5. The van der Waals surface area contributed by atoms with Crippen molar-refractivity contribution in [3.05, 3.63) is 53.3 Å². The van der Waals surface area contributed by atoms with Gasteiger partial charge in [0.2, 0.25) is 5.91 Å². The smallest absolute Gasteiger partial charge is 0.241 e. The molecule has 2 N–H and O–H groups in total. The summed E-state index contributed by atoms with van der Waals surface area (Å²) in [5.74, 6) is 0.647. The van der Waals surface area contributed by atoms with Gasteiger partial charge < -0.3 is 15.5 Å². The van der Waals surface area contributed by atoms with Crippen molar-refractivity contribution in [1.29, 1.82) is 0 Å². The Kier molecular flexibility index (Phi) is 7.85. The van der Waals surface area contributed by atoms with Gasteiger partial charge in [-0.25, -0.2) is 4.99 Å². The summed E-state index contributed by atoms with van der Waals surface area (Å²) in [7, 11) is 3.49. The fourth-order valence-electron chi connectivity index (χ4n) is 2.58. The minimum atomic E-state index is 0.00634. The van der Waals surface area contributed by atoms with Crippen LogP contribution in [-0.2, 0) is 17.9 Å². The van der Waals surface area contributed by atoms with E-state index in [1.807, 2.05) is 41.9 Å². The fourth-order valence-corrected chi connectivity index (χ4v) is 2.58. The minimum Gasteiger partial charge on any atom is -0.356 e. The van der Waals surface area contributed by atoms with Gasteiger partial charge >= 0.3 is 0 Å². The number of hydrogen-bond donors (Lipinski definition) is 2. The second kappa shape index (κ2) is 10.4. The van der Waals surface area contributed by atoms with E-state index in [0.29, 0.717) is 12.5 Å². The molecule has 0 atom stereocenters. The van der Waals surface area contributed by atoms with Gasteiger partial charge in [-0.15, -0.1) is 0 Å². The lowest BCUT2D eigenvalue weighted by Gasteiger charge is -2.15. The molecule has 2 aromatic rings. The van der Waals surface area contributed by atoms with Gasteiger partial charge in [0.1, 0.15) is 0 Å². The number of amides is 1. The van der Waals surface area contributed by atoms with Gasteiger partial charge in [0.15, 0.2) is 5.96 Å². The van der Waals surface area contributed by atoms with E-state index in [1.54, 1.807) is 19.0 Å². The topological polar surface area (TPSA) is 74.6 Å². The maximum atomic E-state index is 11.8. The summed E-state index contributed by atoms with van der Waals surface area (Å²) in [5, 5.41) is 10.9. The summed E-state index contributed by atoms with van der Waals surface area (Å²) in [4.78, 5) is 18.0. The van der Waals surface area contributed by atoms with E-state index in [1.165, 1.54) is 5.69 Å². The number of benzene rings is 1. The van der Waals surface area contributed by atoms with Crippen molar-refractivity contribution in [3.63, 3.8) is 0 Å². The van der Waals surface area contributed by atoms with Gasteiger partial charge in [0, 0.05) is 32.9 Å². The zero-order valence-corrected chi connectivity index (χ0v) is 16.7. The Bertz CT molecular complexity index is 751. The maximum Gasteiger partial charge on any atom is 0.241 e. The zero-order valence-electron chi connectivity index (χ0n) is 16.7. The highest BCUT2D eigenvalue weighted by atomic mass is 16.2. The van der Waals surface area contributed by atoms with Gasteiger partial charge in [-0.2, -0.15) is 5.10 Å². The van der Waals surface area contributed by atoms with Crippen molar-refractivity contribution < 1.29 is 4.79 Å². The molecule has 2 rings (SSSR count). The van der Waals surface area contributed by atoms with Gasteiger partial charge in [-0.1, -0.05) is 30.3 Å². The number of aryl methyl sites for hydroxylation is 3. The molecular weight excluding hydrogens is 340 g/mol. The van der Waals surface area contributed by atoms with Crippen LogP contribution in [0.4, 0.5) is 0 Å². The Morgan fingerprint density at radius 2 is 1.93 bits per heavy atom. The lowest BCUT2D eigenvalue weighted by molar-refractivity contribution is -0.127. The monoisotopic (exact) mass is 370 g/mol. The van der Waals surface area contributed by atoms with Crippen LogP contribution in [0.1, 0.15) is 23.4 Å². The second-order valence-electron chi connectivity index (χ2n) is 6.72. The molecule has 1 amide bonds. The number of guanidine groups is 1. The van der Waals surface area contributed by atoms with Crippen molar-refractivity contribution in [1.82, 2.24) is 25.3 Å². The average molecular weight is 371 g/mol. The van der Waals surface area contributed by atoms with E-state index in [-0.39, 0.29) is 12.5 Å². The quantitative estimate of drug-likeness (QED) is 0.421. The van der Waals surface area contributed by atoms with Gasteiger partial charge in [-0.05, 0) is 31.9 Å². The first-order chi connectivity index (χ1) is 13.0. The van der Waals surface area contributed by atoms with Crippen molar-refractivity contribution in [2.24, 2.45) is 4.99 Å². The van der Waals surface area contributed by atoms with E-state index in [0.717, 1.165) is 30.8 Å². The van der Waals surface area contributed by atoms with Crippen molar-refractivity contribution in [2.45, 2.75) is 33.4 Å². The molecule has 0 saturated heterocycles. The molecule has 0 bridgehead atoms. The number of likely N-dealkylation sites (N-methyl/N-ethyl adjacent to an activating group) is 1. The van der Waals surface area contributed by atoms with Crippen LogP contribution < -0.4 is 10.6 Å². The Morgan fingerprint density at radius 3 is 2.56 bits per heavy atom. The number of carbonyl (C=O) groups excluding carboxylic acids is 1. The molecular formula is C20H30N6O.